The van der Waals surface area contributed by atoms with Crippen molar-refractivity contribution in [3.05, 3.63) is 12.4 Å². The van der Waals surface area contributed by atoms with E-state index in [0.29, 0.717) is 11.9 Å². The number of hydrogen-bond acceptors (Lipinski definition) is 4. The van der Waals surface area contributed by atoms with Gasteiger partial charge in [-0.15, -0.1) is 0 Å². The largest absolute Gasteiger partial charge is 0.383 e. The van der Waals surface area contributed by atoms with E-state index in [9.17, 15) is 4.79 Å². The molecule has 0 aliphatic carbocycles. The van der Waals surface area contributed by atoms with Crippen LogP contribution in [0, 0.1) is 5.92 Å². The van der Waals surface area contributed by atoms with Gasteiger partial charge in [0.25, 0.3) is 0 Å². The van der Waals surface area contributed by atoms with E-state index in [2.05, 4.69) is 24.1 Å². The SMILES string of the molecule is COCC(N)C(=O)Nc1nccn1CC(C)C. The first-order valence-corrected chi connectivity index (χ1v) is 5.61. The van der Waals surface area contributed by atoms with Crippen LogP contribution in [0.15, 0.2) is 12.4 Å². The maximum Gasteiger partial charge on any atom is 0.245 e. The number of nitrogens with two attached hydrogens (primary N) is 1. The molecule has 1 unspecified atom stereocenters. The van der Waals surface area contributed by atoms with Gasteiger partial charge in [-0.2, -0.15) is 0 Å². The van der Waals surface area contributed by atoms with E-state index in [4.69, 9.17) is 10.5 Å². The number of carbonyl (C=O) groups excluding carboxylic acids is 1. The highest BCUT2D eigenvalue weighted by atomic mass is 16.5. The molecule has 0 radical (unpaired) electrons. The second kappa shape index (κ2) is 6.36. The van der Waals surface area contributed by atoms with Gasteiger partial charge in [0.15, 0.2) is 0 Å². The fourth-order valence-electron chi connectivity index (χ4n) is 1.43. The maximum atomic E-state index is 11.7. The Hall–Kier alpha value is -1.40. The summed E-state index contributed by atoms with van der Waals surface area (Å²) in [6, 6.07) is -0.677. The third-order valence-corrected chi connectivity index (χ3v) is 2.20. The Kier molecular flexibility index (Phi) is 5.11. The second-order valence-electron chi connectivity index (χ2n) is 4.35. The number of nitrogens with one attached hydrogen (secondary N) is 1. The highest BCUT2D eigenvalue weighted by molar-refractivity contribution is 5.93. The molecule has 1 atom stereocenters. The Balaban J connectivity index is 2.62. The maximum absolute atomic E-state index is 11.7. The molecule has 1 aromatic rings. The standard InChI is InChI=1S/C11H20N4O2/c1-8(2)6-15-5-4-13-11(15)14-10(16)9(12)7-17-3/h4-5,8-9H,6-7,12H2,1-3H3,(H,13,14,16). The average molecular weight is 240 g/mol. The highest BCUT2D eigenvalue weighted by Gasteiger charge is 2.15. The van der Waals surface area contributed by atoms with Gasteiger partial charge in [0, 0.05) is 26.0 Å². The number of methoxy groups -OCH3 is 1. The monoisotopic (exact) mass is 240 g/mol. The number of rotatable bonds is 6. The molecule has 0 aliphatic rings. The first kappa shape index (κ1) is 13.7. The zero-order valence-corrected chi connectivity index (χ0v) is 10.5. The minimum absolute atomic E-state index is 0.191. The van der Waals surface area contributed by atoms with E-state index in [0.717, 1.165) is 6.54 Å². The summed E-state index contributed by atoms with van der Waals surface area (Å²) in [5, 5.41) is 2.69. The topological polar surface area (TPSA) is 82.2 Å². The van der Waals surface area contributed by atoms with Crippen LogP contribution < -0.4 is 11.1 Å². The van der Waals surface area contributed by atoms with E-state index in [1.807, 2.05) is 10.8 Å². The summed E-state index contributed by atoms with van der Waals surface area (Å²) in [5.41, 5.74) is 5.62. The zero-order valence-electron chi connectivity index (χ0n) is 10.5. The molecule has 0 spiro atoms. The number of amides is 1. The van der Waals surface area contributed by atoms with Gasteiger partial charge in [-0.1, -0.05) is 13.8 Å². The summed E-state index contributed by atoms with van der Waals surface area (Å²) in [5.74, 6) is 0.714. The first-order chi connectivity index (χ1) is 8.04. The van der Waals surface area contributed by atoms with E-state index in [1.54, 1.807) is 6.20 Å². The molecule has 6 nitrogen and oxygen atoms in total. The number of hydrogen-bond donors (Lipinski definition) is 2. The van der Waals surface area contributed by atoms with E-state index >= 15 is 0 Å². The van der Waals surface area contributed by atoms with E-state index < -0.39 is 6.04 Å². The van der Waals surface area contributed by atoms with Gasteiger partial charge in [0.1, 0.15) is 6.04 Å². The molecule has 0 saturated carbocycles. The molecule has 6 heteroatoms. The Morgan fingerprint density at radius 2 is 2.35 bits per heavy atom. The quantitative estimate of drug-likeness (QED) is 0.756. The van der Waals surface area contributed by atoms with Crippen molar-refractivity contribution in [1.82, 2.24) is 9.55 Å². The predicted octanol–water partition coefficient (Wildman–Crippen LogP) is 0.451. The molecule has 17 heavy (non-hydrogen) atoms. The lowest BCUT2D eigenvalue weighted by molar-refractivity contribution is -0.118. The molecule has 96 valence electrons. The molecule has 1 amide bonds. The van der Waals surface area contributed by atoms with Crippen LogP contribution in [-0.2, 0) is 16.1 Å². The first-order valence-electron chi connectivity index (χ1n) is 5.61. The van der Waals surface area contributed by atoms with E-state index in [1.165, 1.54) is 7.11 Å². The Bertz CT molecular complexity index is 362. The number of imidazole rings is 1. The molecule has 1 aromatic heterocycles. The number of nitrogens with zero attached hydrogens (tertiary/aromatic N) is 2. The number of ether oxygens (including phenoxy) is 1. The molecular formula is C11H20N4O2. The minimum atomic E-state index is -0.677. The number of aromatic nitrogens is 2. The van der Waals surface area contributed by atoms with Gasteiger partial charge in [0.05, 0.1) is 6.61 Å². The van der Waals surface area contributed by atoms with Crippen LogP contribution in [0.1, 0.15) is 13.8 Å². The molecule has 0 aromatic carbocycles. The summed E-state index contributed by atoms with van der Waals surface area (Å²) >= 11 is 0. The van der Waals surface area contributed by atoms with Crippen molar-refractivity contribution in [1.29, 1.82) is 0 Å². The second-order valence-corrected chi connectivity index (χ2v) is 4.35. The number of anilines is 1. The molecule has 1 heterocycles. The average Bonchev–Trinajstić information content (AvgIpc) is 2.65. The summed E-state index contributed by atoms with van der Waals surface area (Å²) in [6.45, 7) is 5.19. The minimum Gasteiger partial charge on any atom is -0.383 e. The van der Waals surface area contributed by atoms with Crippen molar-refractivity contribution in [2.75, 3.05) is 19.0 Å². The Morgan fingerprint density at radius 1 is 1.65 bits per heavy atom. The van der Waals surface area contributed by atoms with Crippen LogP contribution in [0.2, 0.25) is 0 Å². The highest BCUT2D eigenvalue weighted by Crippen LogP contribution is 2.08. The molecule has 0 saturated heterocycles. The lowest BCUT2D eigenvalue weighted by Gasteiger charge is -2.13. The Morgan fingerprint density at radius 3 is 2.94 bits per heavy atom. The lowest BCUT2D eigenvalue weighted by Crippen LogP contribution is -2.39. The van der Waals surface area contributed by atoms with Crippen molar-refractivity contribution in [3.63, 3.8) is 0 Å². The number of carbonyl (C=O) groups is 1. The smallest absolute Gasteiger partial charge is 0.245 e. The summed E-state index contributed by atoms with van der Waals surface area (Å²) in [4.78, 5) is 15.8. The molecule has 3 N–H and O–H groups in total. The molecule has 0 fully saturated rings. The lowest BCUT2D eigenvalue weighted by atomic mass is 10.2. The van der Waals surface area contributed by atoms with E-state index in [-0.39, 0.29) is 12.5 Å². The van der Waals surface area contributed by atoms with Gasteiger partial charge in [-0.3, -0.25) is 10.1 Å². The van der Waals surface area contributed by atoms with Crippen LogP contribution in [0.4, 0.5) is 5.95 Å². The third kappa shape index (κ3) is 4.16. The van der Waals surface area contributed by atoms with Gasteiger partial charge >= 0.3 is 0 Å². The normalized spacial score (nSPS) is 12.8. The third-order valence-electron chi connectivity index (χ3n) is 2.20. The molecule has 0 bridgehead atoms. The van der Waals surface area contributed by atoms with Gasteiger partial charge < -0.3 is 15.0 Å². The molecule has 1 rings (SSSR count). The van der Waals surface area contributed by atoms with Crippen LogP contribution in [-0.4, -0.2) is 35.2 Å². The van der Waals surface area contributed by atoms with Crippen LogP contribution in [0.3, 0.4) is 0 Å². The Labute approximate surface area is 101 Å². The van der Waals surface area contributed by atoms with Crippen molar-refractivity contribution < 1.29 is 9.53 Å². The fraction of sp³-hybridized carbons (Fsp3) is 0.636. The predicted molar refractivity (Wildman–Crippen MR) is 65.5 cm³/mol. The summed E-state index contributed by atoms with van der Waals surface area (Å²) < 4.78 is 6.72. The van der Waals surface area contributed by atoms with Gasteiger partial charge in [-0.05, 0) is 5.92 Å². The van der Waals surface area contributed by atoms with Crippen molar-refractivity contribution >= 4 is 11.9 Å². The van der Waals surface area contributed by atoms with Crippen LogP contribution >= 0.6 is 0 Å². The van der Waals surface area contributed by atoms with Crippen LogP contribution in [0.5, 0.6) is 0 Å². The van der Waals surface area contributed by atoms with Gasteiger partial charge in [-0.25, -0.2) is 4.98 Å². The molecule has 0 aliphatic heterocycles. The van der Waals surface area contributed by atoms with Crippen molar-refractivity contribution in [3.8, 4) is 0 Å². The van der Waals surface area contributed by atoms with Crippen molar-refractivity contribution in [2.45, 2.75) is 26.4 Å². The summed E-state index contributed by atoms with van der Waals surface area (Å²) in [6.07, 6.45) is 3.48. The summed E-state index contributed by atoms with van der Waals surface area (Å²) in [7, 11) is 1.51. The fourth-order valence-corrected chi connectivity index (χ4v) is 1.43. The zero-order chi connectivity index (χ0) is 12.8. The van der Waals surface area contributed by atoms with Crippen LogP contribution in [0.25, 0.3) is 0 Å². The molecular weight excluding hydrogens is 220 g/mol. The van der Waals surface area contributed by atoms with Crippen molar-refractivity contribution in [2.24, 2.45) is 11.7 Å². The van der Waals surface area contributed by atoms with Gasteiger partial charge in [0.2, 0.25) is 11.9 Å².